The maximum Gasteiger partial charge on any atom is 0.430 e. The Balaban J connectivity index is 3.34. The first-order valence-corrected chi connectivity index (χ1v) is 7.86. The molecule has 0 aliphatic carbocycles. The van der Waals surface area contributed by atoms with E-state index in [1.54, 1.807) is 0 Å². The van der Waals surface area contributed by atoms with E-state index < -0.39 is 75.2 Å². The summed E-state index contributed by atoms with van der Waals surface area (Å²) in [7, 11) is 0. The molecule has 0 aliphatic heterocycles. The highest BCUT2D eigenvalue weighted by Crippen LogP contribution is 2.59. The van der Waals surface area contributed by atoms with Crippen LogP contribution in [0, 0.1) is 0 Å². The minimum absolute atomic E-state index is 0.472. The van der Waals surface area contributed by atoms with Gasteiger partial charge in [0.05, 0.1) is 0 Å². The molecule has 6 N–H and O–H groups in total. The first-order chi connectivity index (χ1) is 14.0. The Hall–Kier alpha value is -2.62. The van der Waals surface area contributed by atoms with Crippen LogP contribution in [0.3, 0.4) is 0 Å². The lowest BCUT2D eigenvalue weighted by molar-refractivity contribution is -0.387. The summed E-state index contributed by atoms with van der Waals surface area (Å²) < 4.78 is 161. The zero-order valence-corrected chi connectivity index (χ0v) is 14.9. The van der Waals surface area contributed by atoms with Gasteiger partial charge in [-0.15, -0.1) is 0 Å². The van der Waals surface area contributed by atoms with Crippen LogP contribution in [0.25, 0.3) is 10.8 Å². The van der Waals surface area contributed by atoms with Gasteiger partial charge in [0.1, 0.15) is 0 Å². The van der Waals surface area contributed by atoms with E-state index in [4.69, 9.17) is 11.5 Å². The van der Waals surface area contributed by atoms with Gasteiger partial charge >= 0.3 is 24.7 Å². The number of fused-ring (bicyclic) bond motifs is 1. The summed E-state index contributed by atoms with van der Waals surface area (Å²) >= 11 is 0. The van der Waals surface area contributed by atoms with Gasteiger partial charge < -0.3 is 21.7 Å². The van der Waals surface area contributed by atoms with Crippen LogP contribution in [-0.2, 0) is 11.2 Å². The van der Waals surface area contributed by atoms with Gasteiger partial charge in [-0.25, -0.2) is 0 Å². The number of benzene rings is 2. The average Bonchev–Trinajstić information content (AvgIpc) is 2.57. The maximum absolute atomic E-state index is 13.4. The molecule has 0 heterocycles. The van der Waals surface area contributed by atoms with Gasteiger partial charge in [0.15, 0.2) is 0 Å². The number of anilines is 2. The minimum atomic E-state index is -6.93. The Bertz CT molecular complexity index is 1010. The van der Waals surface area contributed by atoms with Gasteiger partial charge in [0.2, 0.25) is 0 Å². The van der Waals surface area contributed by atoms with Crippen LogP contribution in [-0.4, -0.2) is 34.9 Å². The van der Waals surface area contributed by atoms with Crippen molar-refractivity contribution < 1.29 is 62.9 Å². The zero-order chi connectivity index (χ0) is 25.3. The Labute approximate surface area is 169 Å². The molecule has 0 bridgehead atoms. The van der Waals surface area contributed by atoms with Crippen LogP contribution >= 0.6 is 0 Å². The number of hydrogen-bond donors (Lipinski definition) is 4. The summed E-state index contributed by atoms with van der Waals surface area (Å²) in [6, 6.07) is 1.88. The van der Waals surface area contributed by atoms with Crippen LogP contribution < -0.4 is 11.5 Å². The highest BCUT2D eigenvalue weighted by atomic mass is 19.4. The Morgan fingerprint density at radius 1 is 0.594 bits per heavy atom. The number of nitrogens with two attached hydrogens (primary N) is 2. The molecule has 2 rings (SSSR count). The first-order valence-electron chi connectivity index (χ1n) is 7.86. The van der Waals surface area contributed by atoms with Crippen molar-refractivity contribution in [1.82, 2.24) is 0 Å². The standard InChI is InChI=1S/C16H10F12N2O2/c17-13(18,19)11(31,14(20,21)22)7-4-6-5(2-1-3-8(6)29)10(30)9(7)12(32,15(23,24)25)16(26,27)28/h1-4,31-32H,29-30H2. The largest absolute Gasteiger partial charge is 0.430 e. The smallest absolute Gasteiger partial charge is 0.398 e. The van der Waals surface area contributed by atoms with E-state index in [-0.39, 0.29) is 0 Å². The molecule has 32 heavy (non-hydrogen) atoms. The molecule has 0 atom stereocenters. The second kappa shape index (κ2) is 6.94. The van der Waals surface area contributed by atoms with Gasteiger partial charge in [0, 0.05) is 33.3 Å². The third-order valence-corrected chi connectivity index (χ3v) is 4.65. The monoisotopic (exact) mass is 490 g/mol. The summed E-state index contributed by atoms with van der Waals surface area (Å²) in [6.45, 7) is 0. The lowest BCUT2D eigenvalue weighted by atomic mass is 9.77. The molecule has 0 amide bonds. The third-order valence-electron chi connectivity index (χ3n) is 4.65. The number of aliphatic hydroxyl groups is 2. The van der Waals surface area contributed by atoms with Crippen molar-refractivity contribution in [1.29, 1.82) is 0 Å². The molecule has 0 saturated heterocycles. The van der Waals surface area contributed by atoms with Gasteiger partial charge in [-0.1, -0.05) is 12.1 Å². The molecular formula is C16H10F12N2O2. The summed E-state index contributed by atoms with van der Waals surface area (Å²) in [5, 5.41) is 17.4. The fourth-order valence-corrected chi connectivity index (χ4v) is 3.06. The molecule has 0 fully saturated rings. The van der Waals surface area contributed by atoms with Crippen LogP contribution in [0.15, 0.2) is 24.3 Å². The quantitative estimate of drug-likeness (QED) is 0.365. The van der Waals surface area contributed by atoms with Crippen molar-refractivity contribution in [2.45, 2.75) is 35.9 Å². The maximum atomic E-state index is 13.4. The van der Waals surface area contributed by atoms with E-state index >= 15 is 0 Å². The molecule has 4 nitrogen and oxygen atoms in total. The van der Waals surface area contributed by atoms with Crippen LogP contribution in [0.1, 0.15) is 11.1 Å². The van der Waals surface area contributed by atoms with Crippen molar-refractivity contribution in [3.8, 4) is 0 Å². The normalized spacial score (nSPS) is 14.8. The van der Waals surface area contributed by atoms with Crippen molar-refractivity contribution in [3.05, 3.63) is 35.4 Å². The first kappa shape index (κ1) is 25.6. The van der Waals surface area contributed by atoms with Crippen molar-refractivity contribution in [3.63, 3.8) is 0 Å². The highest BCUT2D eigenvalue weighted by Gasteiger charge is 2.77. The van der Waals surface area contributed by atoms with Crippen molar-refractivity contribution >= 4 is 22.1 Å². The number of alkyl halides is 12. The SMILES string of the molecule is Nc1cccc2c(N)c(C(O)(C(F)(F)F)C(F)(F)F)c(C(O)(C(F)(F)F)C(F)(F)F)cc12. The number of halogens is 12. The molecule has 0 radical (unpaired) electrons. The summed E-state index contributed by atoms with van der Waals surface area (Å²) in [5.74, 6) is 0. The molecule has 2 aromatic carbocycles. The highest BCUT2D eigenvalue weighted by molar-refractivity contribution is 6.02. The Kier molecular flexibility index (Phi) is 5.56. The predicted octanol–water partition coefficient (Wildman–Crippen LogP) is 4.63. The number of rotatable bonds is 2. The molecule has 180 valence electrons. The Morgan fingerprint density at radius 3 is 1.38 bits per heavy atom. The fraction of sp³-hybridized carbons (Fsp3) is 0.375. The van der Waals surface area contributed by atoms with Crippen LogP contribution in [0.2, 0.25) is 0 Å². The lowest BCUT2D eigenvalue weighted by Gasteiger charge is -2.40. The van der Waals surface area contributed by atoms with E-state index in [1.165, 1.54) is 0 Å². The second-order valence-corrected chi connectivity index (χ2v) is 6.57. The van der Waals surface area contributed by atoms with Gasteiger partial charge in [-0.05, 0) is 12.1 Å². The molecule has 0 aliphatic rings. The topological polar surface area (TPSA) is 92.5 Å². The molecule has 16 heteroatoms. The third kappa shape index (κ3) is 3.35. The van der Waals surface area contributed by atoms with E-state index in [0.29, 0.717) is 6.07 Å². The zero-order valence-electron chi connectivity index (χ0n) is 14.9. The minimum Gasteiger partial charge on any atom is -0.398 e. The van der Waals surface area contributed by atoms with Crippen molar-refractivity contribution in [2.75, 3.05) is 11.5 Å². The molecule has 0 spiro atoms. The predicted molar refractivity (Wildman–Crippen MR) is 84.8 cm³/mol. The van der Waals surface area contributed by atoms with E-state index in [0.717, 1.165) is 12.1 Å². The van der Waals surface area contributed by atoms with Gasteiger partial charge in [-0.2, -0.15) is 52.7 Å². The summed E-state index contributed by atoms with van der Waals surface area (Å²) in [6.07, 6.45) is -27.7. The number of nitrogen functional groups attached to an aromatic ring is 2. The molecule has 0 aromatic heterocycles. The second-order valence-electron chi connectivity index (χ2n) is 6.57. The Morgan fingerprint density at radius 2 is 1.00 bits per heavy atom. The average molecular weight is 490 g/mol. The summed E-state index contributed by atoms with van der Waals surface area (Å²) in [5.41, 5.74) is -10.9. The lowest BCUT2D eigenvalue weighted by Crippen LogP contribution is -2.59. The number of hydrogen-bond acceptors (Lipinski definition) is 4. The molecule has 2 aromatic rings. The van der Waals surface area contributed by atoms with Gasteiger partial charge in [-0.3, -0.25) is 0 Å². The fourth-order valence-electron chi connectivity index (χ4n) is 3.06. The molecule has 0 saturated carbocycles. The van der Waals surface area contributed by atoms with E-state index in [2.05, 4.69) is 0 Å². The van der Waals surface area contributed by atoms with E-state index in [9.17, 15) is 62.9 Å². The summed E-state index contributed by atoms with van der Waals surface area (Å²) in [4.78, 5) is 0. The molecule has 0 unspecified atom stereocenters. The van der Waals surface area contributed by atoms with Crippen LogP contribution in [0.5, 0.6) is 0 Å². The van der Waals surface area contributed by atoms with E-state index in [1.807, 2.05) is 0 Å². The van der Waals surface area contributed by atoms with Crippen molar-refractivity contribution in [2.24, 2.45) is 0 Å². The van der Waals surface area contributed by atoms with Gasteiger partial charge in [0.25, 0.3) is 11.2 Å². The van der Waals surface area contributed by atoms with Crippen LogP contribution in [0.4, 0.5) is 64.1 Å². The molecular weight excluding hydrogens is 480 g/mol.